The smallest absolute Gasteiger partial charge is 0.257 e. The third-order valence-corrected chi connectivity index (χ3v) is 5.70. The summed E-state index contributed by atoms with van der Waals surface area (Å²) in [7, 11) is 0. The molecule has 4 rings (SSSR count). The van der Waals surface area contributed by atoms with E-state index in [0.717, 1.165) is 5.75 Å². The first-order valence-electron chi connectivity index (χ1n) is 9.15. The molecule has 29 heavy (non-hydrogen) atoms. The Hall–Kier alpha value is -3.13. The Bertz CT molecular complexity index is 1080. The first kappa shape index (κ1) is 19.2. The molecule has 1 unspecified atom stereocenters. The number of para-hydroxylation sites is 1. The van der Waals surface area contributed by atoms with E-state index in [1.54, 1.807) is 47.4 Å². The van der Waals surface area contributed by atoms with Crippen molar-refractivity contribution in [3.8, 4) is 5.69 Å². The number of benzene rings is 2. The molecule has 0 aliphatic carbocycles. The first-order valence-corrected chi connectivity index (χ1v) is 10.1. The Kier molecular flexibility index (Phi) is 5.10. The number of halogens is 1. The fourth-order valence-electron chi connectivity index (χ4n) is 3.37. The fourth-order valence-corrected chi connectivity index (χ4v) is 4.35. The van der Waals surface area contributed by atoms with E-state index in [2.05, 4.69) is 15.4 Å². The molecule has 0 bridgehead atoms. The van der Waals surface area contributed by atoms with Gasteiger partial charge >= 0.3 is 0 Å². The van der Waals surface area contributed by atoms with Crippen molar-refractivity contribution in [2.24, 2.45) is 10.7 Å². The average Bonchev–Trinajstić information content (AvgIpc) is 3.24. The second kappa shape index (κ2) is 7.71. The number of carbonyl (C=O) groups is 1. The van der Waals surface area contributed by atoms with Gasteiger partial charge in [-0.05, 0) is 49.7 Å². The van der Waals surface area contributed by atoms with Crippen LogP contribution in [-0.4, -0.2) is 26.6 Å². The Labute approximate surface area is 172 Å². The molecular formula is C21H20FN5OS. The van der Waals surface area contributed by atoms with Crippen LogP contribution in [0.25, 0.3) is 5.69 Å². The van der Waals surface area contributed by atoms with Crippen molar-refractivity contribution in [3.63, 3.8) is 0 Å². The van der Waals surface area contributed by atoms with Gasteiger partial charge < -0.3 is 11.1 Å². The molecule has 3 aromatic rings. The number of carbonyl (C=O) groups excluding carboxylic acids is 1. The summed E-state index contributed by atoms with van der Waals surface area (Å²) in [6, 6.07) is 13.5. The number of hydrogen-bond acceptors (Lipinski definition) is 5. The molecule has 0 saturated heterocycles. The van der Waals surface area contributed by atoms with Gasteiger partial charge in [0, 0.05) is 29.4 Å². The normalized spacial score (nSPS) is 18.9. The predicted octanol–water partition coefficient (Wildman–Crippen LogP) is 3.93. The minimum absolute atomic E-state index is 0.305. The largest absolute Gasteiger partial charge is 0.379 e. The molecule has 1 aromatic heterocycles. The summed E-state index contributed by atoms with van der Waals surface area (Å²) in [4.78, 5) is 17.4. The molecule has 1 aliphatic heterocycles. The van der Waals surface area contributed by atoms with Gasteiger partial charge in [0.15, 0.2) is 5.17 Å². The molecule has 3 N–H and O–H groups in total. The van der Waals surface area contributed by atoms with E-state index in [1.165, 1.54) is 17.8 Å². The molecule has 0 saturated carbocycles. The van der Waals surface area contributed by atoms with Gasteiger partial charge in [0.05, 0.1) is 16.8 Å². The quantitative estimate of drug-likeness (QED) is 0.684. The minimum atomic E-state index is -0.757. The Morgan fingerprint density at radius 2 is 2.10 bits per heavy atom. The second-order valence-electron chi connectivity index (χ2n) is 6.94. The zero-order valence-corrected chi connectivity index (χ0v) is 16.6. The van der Waals surface area contributed by atoms with Crippen LogP contribution in [-0.2, 0) is 5.54 Å². The third-order valence-electron chi connectivity index (χ3n) is 4.90. The van der Waals surface area contributed by atoms with E-state index in [9.17, 15) is 9.18 Å². The number of aliphatic imine (C=N–C) groups is 1. The van der Waals surface area contributed by atoms with Gasteiger partial charge in [-0.1, -0.05) is 23.9 Å². The van der Waals surface area contributed by atoms with Crippen molar-refractivity contribution in [1.29, 1.82) is 0 Å². The van der Waals surface area contributed by atoms with Gasteiger partial charge in [0.2, 0.25) is 0 Å². The van der Waals surface area contributed by atoms with Crippen molar-refractivity contribution in [1.82, 2.24) is 9.78 Å². The van der Waals surface area contributed by atoms with Gasteiger partial charge in [-0.2, -0.15) is 5.10 Å². The maximum Gasteiger partial charge on any atom is 0.257 e. The summed E-state index contributed by atoms with van der Waals surface area (Å²) in [5.74, 6) is 0.0889. The van der Waals surface area contributed by atoms with Crippen molar-refractivity contribution in [2.45, 2.75) is 18.9 Å². The molecule has 2 aromatic carbocycles. The number of aromatic nitrogens is 2. The molecule has 1 amide bonds. The van der Waals surface area contributed by atoms with Crippen molar-refractivity contribution in [3.05, 3.63) is 77.9 Å². The molecule has 0 radical (unpaired) electrons. The number of thioether (sulfide) groups is 1. The van der Waals surface area contributed by atoms with Gasteiger partial charge in [-0.15, -0.1) is 0 Å². The number of amidine groups is 1. The monoisotopic (exact) mass is 409 g/mol. The number of nitrogens with zero attached hydrogens (tertiary/aromatic N) is 3. The minimum Gasteiger partial charge on any atom is -0.379 e. The summed E-state index contributed by atoms with van der Waals surface area (Å²) < 4.78 is 16.2. The van der Waals surface area contributed by atoms with Crippen molar-refractivity contribution in [2.75, 3.05) is 11.1 Å². The molecule has 1 atom stereocenters. The second-order valence-corrected chi connectivity index (χ2v) is 8.05. The standard InChI is InChI=1S/C21H20FN5OS/c1-21(9-12-29-20(23)26-21)16-13-14(7-8-17(16)22)25-19(28)15-5-2-3-6-18(15)27-11-4-10-24-27/h2-8,10-11,13H,9,12H2,1H3,(H2,23,26)(H,25,28). The number of anilines is 1. The third kappa shape index (κ3) is 3.88. The van der Waals surface area contributed by atoms with E-state index in [0.29, 0.717) is 34.1 Å². The molecule has 148 valence electrons. The number of amides is 1. The van der Waals surface area contributed by atoms with Crippen LogP contribution in [0.1, 0.15) is 29.3 Å². The molecule has 6 nitrogen and oxygen atoms in total. The van der Waals surface area contributed by atoms with Crippen LogP contribution in [0.15, 0.2) is 65.9 Å². The van der Waals surface area contributed by atoms with E-state index < -0.39 is 5.54 Å². The van der Waals surface area contributed by atoms with E-state index >= 15 is 0 Å². The molecule has 2 heterocycles. The topological polar surface area (TPSA) is 85.3 Å². The highest BCUT2D eigenvalue weighted by Gasteiger charge is 2.32. The van der Waals surface area contributed by atoms with Crippen molar-refractivity contribution >= 4 is 28.5 Å². The maximum absolute atomic E-state index is 14.6. The summed E-state index contributed by atoms with van der Waals surface area (Å²) in [5, 5.41) is 7.51. The molecule has 8 heteroatoms. The average molecular weight is 409 g/mol. The lowest BCUT2D eigenvalue weighted by Crippen LogP contribution is -2.29. The van der Waals surface area contributed by atoms with Gasteiger partial charge in [0.25, 0.3) is 5.91 Å². The van der Waals surface area contributed by atoms with E-state index in [1.807, 2.05) is 19.1 Å². The molecule has 0 fully saturated rings. The molecular weight excluding hydrogens is 389 g/mol. The van der Waals surface area contributed by atoms with Crippen LogP contribution in [0.4, 0.5) is 10.1 Å². The van der Waals surface area contributed by atoms with Crippen LogP contribution in [0.3, 0.4) is 0 Å². The number of hydrogen-bond donors (Lipinski definition) is 2. The van der Waals surface area contributed by atoms with E-state index in [4.69, 9.17) is 5.73 Å². The molecule has 1 aliphatic rings. The maximum atomic E-state index is 14.6. The summed E-state index contributed by atoms with van der Waals surface area (Å²) >= 11 is 1.46. The van der Waals surface area contributed by atoms with Crippen molar-refractivity contribution < 1.29 is 9.18 Å². The van der Waals surface area contributed by atoms with Crippen LogP contribution in [0.2, 0.25) is 0 Å². The van der Waals surface area contributed by atoms with Gasteiger partial charge in [-0.3, -0.25) is 9.79 Å². The van der Waals surface area contributed by atoms with Gasteiger partial charge in [0.1, 0.15) is 5.82 Å². The van der Waals surface area contributed by atoms with Crippen LogP contribution in [0.5, 0.6) is 0 Å². The Morgan fingerprint density at radius 3 is 2.86 bits per heavy atom. The lowest BCUT2D eigenvalue weighted by atomic mass is 9.89. The zero-order valence-electron chi connectivity index (χ0n) is 15.8. The Morgan fingerprint density at radius 1 is 1.28 bits per heavy atom. The lowest BCUT2D eigenvalue weighted by molar-refractivity contribution is 0.102. The van der Waals surface area contributed by atoms with E-state index in [-0.39, 0.29) is 11.7 Å². The SMILES string of the molecule is CC1(c2cc(NC(=O)c3ccccc3-n3cccn3)ccc2F)CCSC(N)=N1. The highest BCUT2D eigenvalue weighted by molar-refractivity contribution is 8.13. The Balaban J connectivity index is 1.65. The highest BCUT2D eigenvalue weighted by atomic mass is 32.2. The fraction of sp³-hybridized carbons (Fsp3) is 0.190. The molecule has 0 spiro atoms. The van der Waals surface area contributed by atoms with Crippen LogP contribution >= 0.6 is 11.8 Å². The summed E-state index contributed by atoms with van der Waals surface area (Å²) in [6.45, 7) is 1.86. The number of nitrogens with two attached hydrogens (primary N) is 1. The van der Waals surface area contributed by atoms with Crippen LogP contribution in [0, 0.1) is 5.82 Å². The predicted molar refractivity (Wildman–Crippen MR) is 114 cm³/mol. The van der Waals surface area contributed by atoms with Gasteiger partial charge in [-0.25, -0.2) is 9.07 Å². The zero-order chi connectivity index (χ0) is 20.4. The summed E-state index contributed by atoms with van der Waals surface area (Å²) in [6.07, 6.45) is 4.08. The summed E-state index contributed by atoms with van der Waals surface area (Å²) in [5.41, 5.74) is 7.14. The number of rotatable bonds is 4. The first-order chi connectivity index (χ1) is 14.0. The lowest BCUT2D eigenvalue weighted by Gasteiger charge is -2.30. The highest BCUT2D eigenvalue weighted by Crippen LogP contribution is 2.37. The number of nitrogens with one attached hydrogen (secondary N) is 1. The van der Waals surface area contributed by atoms with Crippen LogP contribution < -0.4 is 11.1 Å².